The summed E-state index contributed by atoms with van der Waals surface area (Å²) in [7, 11) is 0. The highest BCUT2D eigenvalue weighted by molar-refractivity contribution is 5.85. The number of rotatable bonds is 7. The first kappa shape index (κ1) is 21.3. The Morgan fingerprint density at radius 1 is 1.19 bits per heavy atom. The number of halogens is 1. The van der Waals surface area contributed by atoms with Crippen LogP contribution in [0.5, 0.6) is 5.75 Å². The molecule has 2 aromatic rings. The second kappa shape index (κ2) is 9.81. The van der Waals surface area contributed by atoms with Crippen molar-refractivity contribution >= 4 is 18.3 Å². The van der Waals surface area contributed by atoms with Gasteiger partial charge in [-0.25, -0.2) is 0 Å². The zero-order valence-electron chi connectivity index (χ0n) is 16.3. The Kier molecular flexibility index (Phi) is 7.75. The van der Waals surface area contributed by atoms with Crippen molar-refractivity contribution in [1.29, 1.82) is 0 Å². The van der Waals surface area contributed by atoms with Gasteiger partial charge in [-0.3, -0.25) is 9.69 Å². The zero-order valence-corrected chi connectivity index (χ0v) is 17.1. The first-order valence-electron chi connectivity index (χ1n) is 9.30. The molecule has 1 aromatic carbocycles. The Morgan fingerprint density at radius 2 is 1.93 bits per heavy atom. The maximum atomic E-state index is 12.3. The van der Waals surface area contributed by atoms with Crippen molar-refractivity contribution in [2.24, 2.45) is 0 Å². The second-order valence-electron chi connectivity index (χ2n) is 7.00. The van der Waals surface area contributed by atoms with Gasteiger partial charge in [0.2, 0.25) is 0 Å². The molecule has 2 heterocycles. The van der Waals surface area contributed by atoms with Crippen LogP contribution >= 0.6 is 12.4 Å². The molecular weight excluding hydrogens is 364 g/mol. The van der Waals surface area contributed by atoms with Gasteiger partial charge in [0.15, 0.2) is 6.61 Å². The van der Waals surface area contributed by atoms with Crippen molar-refractivity contribution in [3.05, 3.63) is 53.0 Å². The fraction of sp³-hybridized carbons (Fsp3) is 0.476. The van der Waals surface area contributed by atoms with E-state index in [0.717, 1.165) is 41.5 Å². The molecule has 0 saturated carbocycles. The lowest BCUT2D eigenvalue weighted by Gasteiger charge is -2.26. The van der Waals surface area contributed by atoms with Gasteiger partial charge in [0.25, 0.3) is 5.91 Å². The smallest absolute Gasteiger partial charge is 0.258 e. The Labute approximate surface area is 167 Å². The molecule has 1 fully saturated rings. The predicted octanol–water partition coefficient (Wildman–Crippen LogP) is 3.96. The predicted molar refractivity (Wildman–Crippen MR) is 109 cm³/mol. The fourth-order valence-electron chi connectivity index (χ4n) is 3.38. The lowest BCUT2D eigenvalue weighted by atomic mass is 10.1. The third kappa shape index (κ3) is 5.50. The van der Waals surface area contributed by atoms with Crippen LogP contribution in [-0.4, -0.2) is 37.0 Å². The quantitative estimate of drug-likeness (QED) is 0.774. The van der Waals surface area contributed by atoms with Crippen LogP contribution in [0.2, 0.25) is 0 Å². The summed E-state index contributed by atoms with van der Waals surface area (Å²) in [4.78, 5) is 14.7. The molecule has 6 heteroatoms. The Balaban J connectivity index is 0.00000261. The van der Waals surface area contributed by atoms with Crippen LogP contribution < -0.4 is 10.1 Å². The molecule has 1 aromatic heterocycles. The molecule has 1 amide bonds. The first-order valence-corrected chi connectivity index (χ1v) is 9.30. The van der Waals surface area contributed by atoms with E-state index >= 15 is 0 Å². The van der Waals surface area contributed by atoms with E-state index in [-0.39, 0.29) is 31.0 Å². The highest BCUT2D eigenvalue weighted by Crippen LogP contribution is 2.26. The van der Waals surface area contributed by atoms with Gasteiger partial charge in [0.1, 0.15) is 17.3 Å². The van der Waals surface area contributed by atoms with Crippen molar-refractivity contribution in [3.8, 4) is 5.75 Å². The first-order chi connectivity index (χ1) is 12.5. The summed E-state index contributed by atoms with van der Waals surface area (Å²) >= 11 is 0. The maximum absolute atomic E-state index is 12.3. The van der Waals surface area contributed by atoms with Crippen molar-refractivity contribution in [2.75, 3.05) is 26.2 Å². The summed E-state index contributed by atoms with van der Waals surface area (Å²) < 4.78 is 11.5. The van der Waals surface area contributed by atoms with Gasteiger partial charge in [-0.05, 0) is 76.0 Å². The van der Waals surface area contributed by atoms with Crippen molar-refractivity contribution < 1.29 is 13.9 Å². The molecule has 27 heavy (non-hydrogen) atoms. The van der Waals surface area contributed by atoms with Crippen molar-refractivity contribution in [3.63, 3.8) is 0 Å². The summed E-state index contributed by atoms with van der Waals surface area (Å²) in [6.45, 7) is 8.62. The number of hydrogen-bond donors (Lipinski definition) is 1. The van der Waals surface area contributed by atoms with Crippen LogP contribution in [0.1, 0.15) is 41.5 Å². The molecule has 5 nitrogen and oxygen atoms in total. The summed E-state index contributed by atoms with van der Waals surface area (Å²) in [6, 6.07) is 9.94. The molecular formula is C21H29ClN2O3. The zero-order chi connectivity index (χ0) is 18.5. The van der Waals surface area contributed by atoms with E-state index in [0.29, 0.717) is 6.54 Å². The minimum absolute atomic E-state index is 0. The van der Waals surface area contributed by atoms with Gasteiger partial charge >= 0.3 is 0 Å². The number of ether oxygens (including phenoxy) is 1. The van der Waals surface area contributed by atoms with E-state index in [1.54, 1.807) is 0 Å². The fourth-order valence-corrected chi connectivity index (χ4v) is 3.38. The number of benzene rings is 1. The topological polar surface area (TPSA) is 54.7 Å². The number of amides is 1. The van der Waals surface area contributed by atoms with Crippen molar-refractivity contribution in [2.45, 2.75) is 39.7 Å². The minimum atomic E-state index is -0.113. The van der Waals surface area contributed by atoms with E-state index in [4.69, 9.17) is 9.15 Å². The number of aryl methyl sites for hydroxylation is 2. The number of hydrogen-bond acceptors (Lipinski definition) is 4. The highest BCUT2D eigenvalue weighted by atomic mass is 35.5. The number of nitrogens with one attached hydrogen (secondary N) is 1. The normalized spacial score (nSPS) is 15.2. The third-order valence-electron chi connectivity index (χ3n) is 5.08. The van der Waals surface area contributed by atoms with Crippen LogP contribution in [0.25, 0.3) is 0 Å². The van der Waals surface area contributed by atoms with E-state index in [1.807, 2.05) is 51.1 Å². The van der Waals surface area contributed by atoms with Crippen LogP contribution in [0.3, 0.4) is 0 Å². The lowest BCUT2D eigenvalue weighted by Crippen LogP contribution is -2.38. The van der Waals surface area contributed by atoms with Crippen LogP contribution in [0.15, 0.2) is 34.7 Å². The molecule has 1 unspecified atom stereocenters. The lowest BCUT2D eigenvalue weighted by molar-refractivity contribution is -0.123. The van der Waals surface area contributed by atoms with Gasteiger partial charge in [0.05, 0.1) is 6.04 Å². The number of carbonyl (C=O) groups is 1. The van der Waals surface area contributed by atoms with Gasteiger partial charge in [0, 0.05) is 6.54 Å². The molecule has 1 aliphatic heterocycles. The van der Waals surface area contributed by atoms with E-state index < -0.39 is 0 Å². The van der Waals surface area contributed by atoms with Gasteiger partial charge in [-0.15, -0.1) is 12.4 Å². The molecule has 0 aliphatic carbocycles. The molecule has 0 spiro atoms. The number of furan rings is 1. The summed E-state index contributed by atoms with van der Waals surface area (Å²) in [5, 5.41) is 3.01. The summed E-state index contributed by atoms with van der Waals surface area (Å²) in [5.41, 5.74) is 2.23. The van der Waals surface area contributed by atoms with Crippen LogP contribution in [-0.2, 0) is 4.79 Å². The number of carbonyl (C=O) groups excluding carboxylic acids is 1. The Hall–Kier alpha value is -1.98. The Morgan fingerprint density at radius 3 is 2.59 bits per heavy atom. The summed E-state index contributed by atoms with van der Waals surface area (Å²) in [6.07, 6.45) is 2.39. The average Bonchev–Trinajstić information content (AvgIpc) is 3.29. The standard InChI is InChI=1S/C21H28N2O3.ClH/c1-15-7-6-8-19(17(15)3)25-14-21(24)22-13-18(23-11-4-5-12-23)20-10-9-16(2)26-20;/h6-10,18H,4-5,11-14H2,1-3H3,(H,22,24);1H. The number of nitrogens with zero attached hydrogens (tertiary/aromatic N) is 1. The van der Waals surface area contributed by atoms with Gasteiger partial charge < -0.3 is 14.5 Å². The number of likely N-dealkylation sites (tertiary alicyclic amines) is 1. The SMILES string of the molecule is Cc1ccc(C(CNC(=O)COc2cccc(C)c2C)N2CCCC2)o1.Cl. The largest absolute Gasteiger partial charge is 0.483 e. The average molecular weight is 393 g/mol. The minimum Gasteiger partial charge on any atom is -0.483 e. The monoisotopic (exact) mass is 392 g/mol. The molecule has 0 radical (unpaired) electrons. The molecule has 1 aliphatic rings. The van der Waals surface area contributed by atoms with E-state index in [9.17, 15) is 4.79 Å². The van der Waals surface area contributed by atoms with E-state index in [2.05, 4.69) is 10.2 Å². The molecule has 3 rings (SSSR count). The maximum Gasteiger partial charge on any atom is 0.258 e. The van der Waals surface area contributed by atoms with Crippen LogP contribution in [0, 0.1) is 20.8 Å². The van der Waals surface area contributed by atoms with Crippen molar-refractivity contribution in [1.82, 2.24) is 10.2 Å². The Bertz CT molecular complexity index is 754. The third-order valence-corrected chi connectivity index (χ3v) is 5.08. The molecule has 0 bridgehead atoms. The van der Waals surface area contributed by atoms with Gasteiger partial charge in [-0.1, -0.05) is 12.1 Å². The van der Waals surface area contributed by atoms with Crippen LogP contribution in [0.4, 0.5) is 0 Å². The molecule has 1 saturated heterocycles. The van der Waals surface area contributed by atoms with Gasteiger partial charge in [-0.2, -0.15) is 0 Å². The molecule has 148 valence electrons. The summed E-state index contributed by atoms with van der Waals surface area (Å²) in [5.74, 6) is 2.46. The molecule has 1 N–H and O–H groups in total. The highest BCUT2D eigenvalue weighted by Gasteiger charge is 2.26. The molecule has 1 atom stereocenters. The van der Waals surface area contributed by atoms with E-state index in [1.165, 1.54) is 12.8 Å². The second-order valence-corrected chi connectivity index (χ2v) is 7.00.